The first-order valence-corrected chi connectivity index (χ1v) is 8.43. The van der Waals surface area contributed by atoms with Crippen LogP contribution in [0.5, 0.6) is 5.75 Å². The quantitative estimate of drug-likeness (QED) is 0.757. The molecule has 0 saturated heterocycles. The zero-order chi connectivity index (χ0) is 18.3. The number of para-hydroxylation sites is 1. The van der Waals surface area contributed by atoms with Gasteiger partial charge >= 0.3 is 6.18 Å². The summed E-state index contributed by atoms with van der Waals surface area (Å²) in [7, 11) is 1.59. The standard InChI is InChI=1S/C17H17F3N2O2S/c1-24-14-5-3-2-4-12(14)8-9-21-15(23)11-25-16-7-6-13(10-22-16)17(18,19)20/h2-7,10H,8-9,11H2,1H3,(H,21,23). The van der Waals surface area contributed by atoms with Gasteiger partial charge in [0.15, 0.2) is 0 Å². The maximum Gasteiger partial charge on any atom is 0.417 e. The predicted molar refractivity (Wildman–Crippen MR) is 89.7 cm³/mol. The molecule has 1 heterocycles. The molecule has 1 aromatic carbocycles. The second kappa shape index (κ2) is 8.75. The van der Waals surface area contributed by atoms with E-state index in [1.54, 1.807) is 7.11 Å². The molecule has 134 valence electrons. The van der Waals surface area contributed by atoms with Crippen molar-refractivity contribution in [2.24, 2.45) is 0 Å². The van der Waals surface area contributed by atoms with Gasteiger partial charge < -0.3 is 10.1 Å². The van der Waals surface area contributed by atoms with E-state index in [0.717, 1.165) is 35.3 Å². The van der Waals surface area contributed by atoms with Crippen LogP contribution >= 0.6 is 11.8 Å². The fourth-order valence-electron chi connectivity index (χ4n) is 2.07. The van der Waals surface area contributed by atoms with Crippen molar-refractivity contribution in [1.29, 1.82) is 0 Å². The third kappa shape index (κ3) is 5.97. The smallest absolute Gasteiger partial charge is 0.417 e. The predicted octanol–water partition coefficient (Wildman–Crippen LogP) is 3.56. The monoisotopic (exact) mass is 370 g/mol. The Hall–Kier alpha value is -2.22. The molecule has 1 N–H and O–H groups in total. The lowest BCUT2D eigenvalue weighted by Gasteiger charge is -2.09. The number of alkyl halides is 3. The molecule has 8 heteroatoms. The lowest BCUT2D eigenvalue weighted by atomic mass is 10.1. The molecule has 0 unspecified atom stereocenters. The third-order valence-corrected chi connectivity index (χ3v) is 4.27. The molecule has 0 saturated carbocycles. The highest BCUT2D eigenvalue weighted by molar-refractivity contribution is 7.99. The summed E-state index contributed by atoms with van der Waals surface area (Å²) in [4.78, 5) is 15.5. The van der Waals surface area contributed by atoms with Crippen molar-refractivity contribution in [1.82, 2.24) is 10.3 Å². The van der Waals surface area contributed by atoms with Crippen LogP contribution in [0.2, 0.25) is 0 Å². The van der Waals surface area contributed by atoms with Crippen molar-refractivity contribution >= 4 is 17.7 Å². The van der Waals surface area contributed by atoms with E-state index in [-0.39, 0.29) is 11.7 Å². The highest BCUT2D eigenvalue weighted by Crippen LogP contribution is 2.29. The zero-order valence-electron chi connectivity index (χ0n) is 13.5. The summed E-state index contributed by atoms with van der Waals surface area (Å²) in [6.45, 7) is 0.445. The summed E-state index contributed by atoms with van der Waals surface area (Å²) < 4.78 is 42.6. The number of benzene rings is 1. The molecule has 2 aromatic rings. The van der Waals surface area contributed by atoms with Gasteiger partial charge in [-0.25, -0.2) is 4.98 Å². The average Bonchev–Trinajstić information content (AvgIpc) is 2.60. The number of hydrogen-bond donors (Lipinski definition) is 1. The second-order valence-electron chi connectivity index (χ2n) is 5.08. The van der Waals surface area contributed by atoms with Crippen molar-refractivity contribution in [3.05, 3.63) is 53.7 Å². The Morgan fingerprint density at radius 3 is 2.64 bits per heavy atom. The lowest BCUT2D eigenvalue weighted by Crippen LogP contribution is -2.27. The number of halogens is 3. The van der Waals surface area contributed by atoms with Crippen LogP contribution in [0, 0.1) is 0 Å². The van der Waals surface area contributed by atoms with Gasteiger partial charge in [-0.3, -0.25) is 4.79 Å². The average molecular weight is 370 g/mol. The molecule has 0 bridgehead atoms. The zero-order valence-corrected chi connectivity index (χ0v) is 14.3. The number of pyridine rings is 1. The second-order valence-corrected chi connectivity index (χ2v) is 6.08. The fourth-order valence-corrected chi connectivity index (χ4v) is 2.74. The molecule has 0 atom stereocenters. The first kappa shape index (κ1) is 19.1. The van der Waals surface area contributed by atoms with E-state index in [4.69, 9.17) is 4.74 Å². The van der Waals surface area contributed by atoms with Crippen molar-refractivity contribution in [2.45, 2.75) is 17.6 Å². The summed E-state index contributed by atoms with van der Waals surface area (Å²) >= 11 is 1.09. The number of aromatic nitrogens is 1. The molecular weight excluding hydrogens is 353 g/mol. The lowest BCUT2D eigenvalue weighted by molar-refractivity contribution is -0.137. The number of ether oxygens (including phenoxy) is 1. The van der Waals surface area contributed by atoms with Gasteiger partial charge in [0.25, 0.3) is 0 Å². The number of rotatable bonds is 7. The van der Waals surface area contributed by atoms with Crippen LogP contribution in [0.15, 0.2) is 47.6 Å². The molecule has 4 nitrogen and oxygen atoms in total. The summed E-state index contributed by atoms with van der Waals surface area (Å²) in [5.74, 6) is 0.645. The van der Waals surface area contributed by atoms with E-state index >= 15 is 0 Å². The van der Waals surface area contributed by atoms with Crippen LogP contribution in [-0.2, 0) is 17.4 Å². The van der Waals surface area contributed by atoms with Gasteiger partial charge in [0.05, 0.1) is 23.5 Å². The van der Waals surface area contributed by atoms with E-state index < -0.39 is 11.7 Å². The molecule has 0 aliphatic carbocycles. The molecule has 1 aromatic heterocycles. The number of hydrogen-bond acceptors (Lipinski definition) is 4. The Balaban J connectivity index is 1.75. The van der Waals surface area contributed by atoms with Crippen LogP contribution in [0.4, 0.5) is 13.2 Å². The molecule has 0 aliphatic rings. The largest absolute Gasteiger partial charge is 0.496 e. The van der Waals surface area contributed by atoms with Crippen molar-refractivity contribution < 1.29 is 22.7 Å². The maximum atomic E-state index is 12.4. The van der Waals surface area contributed by atoms with Crippen LogP contribution in [0.3, 0.4) is 0 Å². The third-order valence-electron chi connectivity index (χ3n) is 3.32. The summed E-state index contributed by atoms with van der Waals surface area (Å²) in [5.41, 5.74) is 0.181. The number of amides is 1. The Morgan fingerprint density at radius 2 is 2.00 bits per heavy atom. The Labute approximate surface area is 147 Å². The van der Waals surface area contributed by atoms with Crippen molar-refractivity contribution in [3.8, 4) is 5.75 Å². The summed E-state index contributed by atoms with van der Waals surface area (Å²) in [5, 5.41) is 3.13. The van der Waals surface area contributed by atoms with Gasteiger partial charge in [-0.2, -0.15) is 13.2 Å². The SMILES string of the molecule is COc1ccccc1CCNC(=O)CSc1ccc(C(F)(F)F)cn1. The van der Waals surface area contributed by atoms with Crippen LogP contribution in [0.1, 0.15) is 11.1 Å². The van der Waals surface area contributed by atoms with E-state index in [0.29, 0.717) is 18.0 Å². The first-order chi connectivity index (χ1) is 11.9. The Morgan fingerprint density at radius 1 is 1.24 bits per heavy atom. The summed E-state index contributed by atoms with van der Waals surface area (Å²) in [6.07, 6.45) is -3.02. The van der Waals surface area contributed by atoms with E-state index in [2.05, 4.69) is 10.3 Å². The number of thioether (sulfide) groups is 1. The van der Waals surface area contributed by atoms with Gasteiger partial charge in [0.2, 0.25) is 5.91 Å². The number of nitrogens with zero attached hydrogens (tertiary/aromatic N) is 1. The van der Waals surface area contributed by atoms with E-state index in [1.807, 2.05) is 24.3 Å². The minimum atomic E-state index is -4.41. The number of nitrogens with one attached hydrogen (secondary N) is 1. The Bertz CT molecular complexity index is 706. The molecule has 2 rings (SSSR count). The van der Waals surface area contributed by atoms with Crippen molar-refractivity contribution in [2.75, 3.05) is 19.4 Å². The summed E-state index contributed by atoms with van der Waals surface area (Å²) in [6, 6.07) is 9.75. The van der Waals surface area contributed by atoms with Gasteiger partial charge in [-0.15, -0.1) is 0 Å². The first-order valence-electron chi connectivity index (χ1n) is 7.45. The minimum absolute atomic E-state index is 0.0876. The fraction of sp³-hybridized carbons (Fsp3) is 0.294. The van der Waals surface area contributed by atoms with Gasteiger partial charge in [-0.1, -0.05) is 30.0 Å². The highest BCUT2D eigenvalue weighted by Gasteiger charge is 2.30. The van der Waals surface area contributed by atoms with Crippen LogP contribution in [0.25, 0.3) is 0 Å². The van der Waals surface area contributed by atoms with Gasteiger partial charge in [-0.05, 0) is 30.2 Å². The number of carbonyl (C=O) groups excluding carboxylic acids is 1. The molecule has 0 aliphatic heterocycles. The number of methoxy groups -OCH3 is 1. The normalized spacial score (nSPS) is 11.2. The molecule has 0 radical (unpaired) electrons. The molecule has 1 amide bonds. The van der Waals surface area contributed by atoms with E-state index in [1.165, 1.54) is 6.07 Å². The topological polar surface area (TPSA) is 51.2 Å². The highest BCUT2D eigenvalue weighted by atomic mass is 32.2. The van der Waals surface area contributed by atoms with Crippen LogP contribution < -0.4 is 10.1 Å². The van der Waals surface area contributed by atoms with Crippen molar-refractivity contribution in [3.63, 3.8) is 0 Å². The molecule has 0 fully saturated rings. The maximum absolute atomic E-state index is 12.4. The molecule has 0 spiro atoms. The van der Waals surface area contributed by atoms with Crippen LogP contribution in [-0.4, -0.2) is 30.3 Å². The molecular formula is C17H17F3N2O2S. The minimum Gasteiger partial charge on any atom is -0.496 e. The van der Waals surface area contributed by atoms with E-state index in [9.17, 15) is 18.0 Å². The number of carbonyl (C=O) groups is 1. The van der Waals surface area contributed by atoms with Gasteiger partial charge in [0, 0.05) is 12.7 Å². The molecule has 25 heavy (non-hydrogen) atoms. The van der Waals surface area contributed by atoms with Gasteiger partial charge in [0.1, 0.15) is 5.75 Å². The Kier molecular flexibility index (Phi) is 6.69.